The van der Waals surface area contributed by atoms with Crippen LogP contribution in [-0.2, 0) is 10.3 Å². The normalized spacial score (nSPS) is 18.3. The second-order valence-corrected chi connectivity index (χ2v) is 10.8. The first-order chi connectivity index (χ1) is 15.5. The summed E-state index contributed by atoms with van der Waals surface area (Å²) in [6.07, 6.45) is 1.42. The maximum absolute atomic E-state index is 13.2. The number of benzene rings is 2. The summed E-state index contributed by atoms with van der Waals surface area (Å²) in [6.45, 7) is 11.0. The van der Waals surface area contributed by atoms with Crippen LogP contribution in [0, 0.1) is 0 Å². The maximum Gasteiger partial charge on any atom is 0.410 e. The second-order valence-electron chi connectivity index (χ2n) is 10.3. The van der Waals surface area contributed by atoms with Crippen LogP contribution in [0.25, 0.3) is 0 Å². The van der Waals surface area contributed by atoms with Gasteiger partial charge in [-0.25, -0.2) is 4.79 Å². The fourth-order valence-corrected chi connectivity index (χ4v) is 4.82. The highest BCUT2D eigenvalue weighted by atomic mass is 35.5. The van der Waals surface area contributed by atoms with Gasteiger partial charge in [-0.05, 0) is 89.4 Å². The second kappa shape index (κ2) is 8.56. The number of halogens is 1. The van der Waals surface area contributed by atoms with Crippen LogP contribution < -0.4 is 10.2 Å². The number of nitrogens with one attached hydrogen (secondary N) is 1. The summed E-state index contributed by atoms with van der Waals surface area (Å²) in [4.78, 5) is 29.2. The molecule has 7 heteroatoms. The maximum atomic E-state index is 13.2. The molecule has 2 amide bonds. The van der Waals surface area contributed by atoms with Gasteiger partial charge < -0.3 is 15.0 Å². The molecular formula is C26H32ClN3O3. The van der Waals surface area contributed by atoms with E-state index in [1.165, 1.54) is 0 Å². The molecule has 1 saturated heterocycles. The van der Waals surface area contributed by atoms with E-state index in [9.17, 15) is 9.59 Å². The first-order valence-corrected chi connectivity index (χ1v) is 11.8. The lowest BCUT2D eigenvalue weighted by atomic mass is 9.93. The largest absolute Gasteiger partial charge is 0.444 e. The van der Waals surface area contributed by atoms with Crippen LogP contribution in [0.15, 0.2) is 42.5 Å². The van der Waals surface area contributed by atoms with Gasteiger partial charge >= 0.3 is 6.09 Å². The van der Waals surface area contributed by atoms with Gasteiger partial charge in [-0.3, -0.25) is 9.69 Å². The predicted molar refractivity (Wildman–Crippen MR) is 132 cm³/mol. The zero-order valence-corrected chi connectivity index (χ0v) is 20.7. The molecule has 0 spiro atoms. The lowest BCUT2D eigenvalue weighted by molar-refractivity contribution is 0.0210. The third-order valence-electron chi connectivity index (χ3n) is 6.26. The molecule has 2 aromatic rings. The highest BCUT2D eigenvalue weighted by molar-refractivity contribution is 6.31. The topological polar surface area (TPSA) is 61.9 Å². The molecular weight excluding hydrogens is 438 g/mol. The van der Waals surface area contributed by atoms with Crippen molar-refractivity contribution in [2.45, 2.75) is 64.6 Å². The van der Waals surface area contributed by atoms with E-state index in [1.807, 2.05) is 75.9 Å². The number of anilines is 2. The number of carbonyl (C=O) groups is 2. The zero-order valence-electron chi connectivity index (χ0n) is 19.9. The van der Waals surface area contributed by atoms with Gasteiger partial charge in [-0.1, -0.05) is 17.7 Å². The van der Waals surface area contributed by atoms with E-state index in [0.717, 1.165) is 29.8 Å². The van der Waals surface area contributed by atoms with Gasteiger partial charge in [-0.2, -0.15) is 0 Å². The first-order valence-electron chi connectivity index (χ1n) is 11.4. The van der Waals surface area contributed by atoms with E-state index in [0.29, 0.717) is 23.7 Å². The Kier molecular flexibility index (Phi) is 6.08. The first kappa shape index (κ1) is 23.4. The number of ether oxygens (including phenoxy) is 1. The molecule has 0 atom stereocenters. The Hall–Kier alpha value is -2.73. The van der Waals surface area contributed by atoms with Crippen LogP contribution in [-0.4, -0.2) is 41.6 Å². The van der Waals surface area contributed by atoms with E-state index in [1.54, 1.807) is 11.0 Å². The van der Waals surface area contributed by atoms with Gasteiger partial charge in [0.05, 0.1) is 5.54 Å². The summed E-state index contributed by atoms with van der Waals surface area (Å²) in [6, 6.07) is 13.7. The lowest BCUT2D eigenvalue weighted by Crippen LogP contribution is -2.44. The molecule has 0 aliphatic carbocycles. The molecule has 0 radical (unpaired) electrons. The van der Waals surface area contributed by atoms with Crippen LogP contribution in [0.4, 0.5) is 16.2 Å². The van der Waals surface area contributed by atoms with E-state index >= 15 is 0 Å². The average Bonchev–Trinajstić information content (AvgIpc) is 2.92. The Labute approximate surface area is 200 Å². The van der Waals surface area contributed by atoms with Crippen LogP contribution in [0.3, 0.4) is 0 Å². The molecule has 1 fully saturated rings. The summed E-state index contributed by atoms with van der Waals surface area (Å²) in [5, 5.41) is 4.22. The van der Waals surface area contributed by atoms with Crippen molar-refractivity contribution in [1.29, 1.82) is 0 Å². The van der Waals surface area contributed by atoms with E-state index in [2.05, 4.69) is 5.32 Å². The van der Waals surface area contributed by atoms with Crippen molar-refractivity contribution < 1.29 is 14.3 Å². The fraction of sp³-hybridized carbons (Fsp3) is 0.462. The zero-order chi connectivity index (χ0) is 24.0. The molecule has 1 N–H and O–H groups in total. The minimum atomic E-state index is -0.505. The van der Waals surface area contributed by atoms with Gasteiger partial charge in [0, 0.05) is 41.1 Å². The number of piperidine rings is 1. The minimum absolute atomic E-state index is 0.0190. The van der Waals surface area contributed by atoms with Crippen molar-refractivity contribution in [2.75, 3.05) is 23.3 Å². The SMILES string of the molecule is CC(C)(C)OC(=O)N1CCC(Nc2cccc(N3C(=O)c4ccc(Cl)cc4C3(C)C)c2)CC1. The summed E-state index contributed by atoms with van der Waals surface area (Å²) >= 11 is 6.21. The molecule has 0 saturated carbocycles. The number of carbonyl (C=O) groups excluding carboxylic acids is 2. The monoisotopic (exact) mass is 469 g/mol. The van der Waals surface area contributed by atoms with Gasteiger partial charge in [-0.15, -0.1) is 0 Å². The van der Waals surface area contributed by atoms with Crippen molar-refractivity contribution in [3.63, 3.8) is 0 Å². The van der Waals surface area contributed by atoms with Crippen molar-refractivity contribution in [2.24, 2.45) is 0 Å². The standard InChI is InChI=1S/C26H32ClN3O3/c1-25(2,3)33-24(32)29-13-11-18(12-14-29)28-19-7-6-8-20(16-19)30-23(31)21-10-9-17(27)15-22(21)26(30,4)5/h6-10,15-16,18,28H,11-14H2,1-5H3. The predicted octanol–water partition coefficient (Wildman–Crippen LogP) is 6.05. The number of hydrogen-bond acceptors (Lipinski definition) is 4. The van der Waals surface area contributed by atoms with Crippen LogP contribution in [0.1, 0.15) is 63.4 Å². The Morgan fingerprint density at radius 1 is 1.12 bits per heavy atom. The Bertz CT molecular complexity index is 1070. The van der Waals surface area contributed by atoms with Crippen molar-refractivity contribution >= 4 is 35.0 Å². The van der Waals surface area contributed by atoms with E-state index in [-0.39, 0.29) is 18.0 Å². The molecule has 0 unspecified atom stereocenters. The number of likely N-dealkylation sites (tertiary alicyclic amines) is 1. The summed E-state index contributed by atoms with van der Waals surface area (Å²) < 4.78 is 5.49. The van der Waals surface area contributed by atoms with Crippen molar-refractivity contribution in [1.82, 2.24) is 4.90 Å². The molecule has 2 aromatic carbocycles. The highest BCUT2D eigenvalue weighted by Crippen LogP contribution is 2.43. The molecule has 33 heavy (non-hydrogen) atoms. The van der Waals surface area contributed by atoms with Crippen LogP contribution in [0.2, 0.25) is 5.02 Å². The average molecular weight is 470 g/mol. The molecule has 2 aliphatic rings. The quantitative estimate of drug-likeness (QED) is 0.594. The lowest BCUT2D eigenvalue weighted by Gasteiger charge is -2.35. The fourth-order valence-electron chi connectivity index (χ4n) is 4.65. The summed E-state index contributed by atoms with van der Waals surface area (Å²) in [5.74, 6) is -0.0190. The number of amides is 2. The molecule has 0 bridgehead atoms. The summed E-state index contributed by atoms with van der Waals surface area (Å²) in [5.41, 5.74) is 2.44. The third-order valence-corrected chi connectivity index (χ3v) is 6.49. The van der Waals surface area contributed by atoms with Gasteiger partial charge in [0.2, 0.25) is 0 Å². The molecule has 6 nitrogen and oxygen atoms in total. The summed E-state index contributed by atoms with van der Waals surface area (Å²) in [7, 11) is 0. The molecule has 0 aromatic heterocycles. The third kappa shape index (κ3) is 4.81. The minimum Gasteiger partial charge on any atom is -0.444 e. The van der Waals surface area contributed by atoms with E-state index < -0.39 is 11.1 Å². The van der Waals surface area contributed by atoms with Crippen LogP contribution in [0.5, 0.6) is 0 Å². The number of fused-ring (bicyclic) bond motifs is 1. The van der Waals surface area contributed by atoms with Crippen molar-refractivity contribution in [3.8, 4) is 0 Å². The van der Waals surface area contributed by atoms with Gasteiger partial charge in [0.1, 0.15) is 5.60 Å². The molecule has 2 aliphatic heterocycles. The highest BCUT2D eigenvalue weighted by Gasteiger charge is 2.44. The molecule has 2 heterocycles. The van der Waals surface area contributed by atoms with Gasteiger partial charge in [0.25, 0.3) is 5.91 Å². The molecule has 176 valence electrons. The Morgan fingerprint density at radius 3 is 2.48 bits per heavy atom. The van der Waals surface area contributed by atoms with Crippen LogP contribution >= 0.6 is 11.6 Å². The van der Waals surface area contributed by atoms with Gasteiger partial charge in [0.15, 0.2) is 0 Å². The Morgan fingerprint density at radius 2 is 1.82 bits per heavy atom. The Balaban J connectivity index is 1.45. The molecule has 4 rings (SSSR count). The number of nitrogens with zero attached hydrogens (tertiary/aromatic N) is 2. The number of hydrogen-bond donors (Lipinski definition) is 1. The van der Waals surface area contributed by atoms with E-state index in [4.69, 9.17) is 16.3 Å². The smallest absolute Gasteiger partial charge is 0.410 e. The van der Waals surface area contributed by atoms with Crippen molar-refractivity contribution in [3.05, 3.63) is 58.6 Å². The number of rotatable bonds is 3.